The van der Waals surface area contributed by atoms with Crippen molar-refractivity contribution in [3.05, 3.63) is 53.3 Å². The van der Waals surface area contributed by atoms with E-state index in [1.165, 1.54) is 24.3 Å². The molecule has 1 saturated heterocycles. The average molecular weight is 373 g/mol. The number of amides is 1. The van der Waals surface area contributed by atoms with Gasteiger partial charge in [0.25, 0.3) is 5.91 Å². The predicted molar refractivity (Wildman–Crippen MR) is 102 cm³/mol. The molecule has 6 heteroatoms. The number of allylic oxidation sites excluding steroid dienone is 3. The highest BCUT2D eigenvalue weighted by Crippen LogP contribution is 2.29. The summed E-state index contributed by atoms with van der Waals surface area (Å²) in [5.41, 5.74) is 0.115. The molecule has 0 aromatic heterocycles. The molecule has 4 N–H and O–H groups in total. The maximum Gasteiger partial charge on any atom is 0.259 e. The molecule has 1 amide bonds. The summed E-state index contributed by atoms with van der Waals surface area (Å²) < 4.78 is 0. The lowest BCUT2D eigenvalue weighted by Crippen LogP contribution is -2.35. The molecule has 2 rings (SSSR count). The van der Waals surface area contributed by atoms with E-state index in [0.29, 0.717) is 12.0 Å². The number of hydrogen-bond acceptors (Lipinski definition) is 5. The van der Waals surface area contributed by atoms with Gasteiger partial charge in [0.15, 0.2) is 5.78 Å². The molecule has 1 fully saturated rings. The van der Waals surface area contributed by atoms with Crippen molar-refractivity contribution >= 4 is 11.7 Å². The van der Waals surface area contributed by atoms with E-state index >= 15 is 0 Å². The van der Waals surface area contributed by atoms with Crippen LogP contribution in [0.2, 0.25) is 0 Å². The van der Waals surface area contributed by atoms with Gasteiger partial charge in [-0.25, -0.2) is 0 Å². The maximum atomic E-state index is 12.7. The van der Waals surface area contributed by atoms with Crippen molar-refractivity contribution < 1.29 is 24.9 Å². The Bertz CT molecular complexity index is 750. The SMILES string of the molecule is CC=CC[C@H](C)C[C@H](C)C(O)=C1C(=O)N[C@@H]([C@H](O)c2ccc(O)cc2)C1=O. The van der Waals surface area contributed by atoms with Crippen LogP contribution in [-0.2, 0) is 9.59 Å². The zero-order chi connectivity index (χ0) is 20.1. The van der Waals surface area contributed by atoms with Crippen molar-refractivity contribution in [2.75, 3.05) is 0 Å². The Morgan fingerprint density at radius 2 is 1.85 bits per heavy atom. The second-order valence-corrected chi connectivity index (χ2v) is 7.16. The molecule has 4 atom stereocenters. The molecule has 1 aromatic rings. The summed E-state index contributed by atoms with van der Waals surface area (Å²) in [4.78, 5) is 25.0. The quantitative estimate of drug-likeness (QED) is 0.254. The van der Waals surface area contributed by atoms with Gasteiger partial charge in [-0.05, 0) is 43.4 Å². The van der Waals surface area contributed by atoms with Gasteiger partial charge < -0.3 is 20.6 Å². The van der Waals surface area contributed by atoms with Crippen molar-refractivity contribution in [3.63, 3.8) is 0 Å². The molecule has 1 aromatic carbocycles. The Morgan fingerprint density at radius 1 is 1.22 bits per heavy atom. The molecule has 0 radical (unpaired) electrons. The van der Waals surface area contributed by atoms with Gasteiger partial charge in [-0.15, -0.1) is 0 Å². The van der Waals surface area contributed by atoms with Crippen molar-refractivity contribution in [1.82, 2.24) is 5.32 Å². The average Bonchev–Trinajstić information content (AvgIpc) is 2.93. The van der Waals surface area contributed by atoms with Gasteiger partial charge in [-0.3, -0.25) is 9.59 Å². The second kappa shape index (κ2) is 8.86. The highest BCUT2D eigenvalue weighted by Gasteiger charge is 2.43. The molecule has 146 valence electrons. The van der Waals surface area contributed by atoms with Gasteiger partial charge in [0.05, 0.1) is 0 Å². The summed E-state index contributed by atoms with van der Waals surface area (Å²) in [6.45, 7) is 5.76. The number of aromatic hydroxyl groups is 1. The van der Waals surface area contributed by atoms with Crippen molar-refractivity contribution in [2.45, 2.75) is 45.8 Å². The maximum absolute atomic E-state index is 12.7. The Balaban J connectivity index is 2.18. The summed E-state index contributed by atoms with van der Waals surface area (Å²) in [6, 6.07) is 4.58. The molecule has 0 unspecified atom stereocenters. The number of Topliss-reactive ketones (excluding diaryl/α,β-unsaturated/α-hetero) is 1. The minimum Gasteiger partial charge on any atom is -0.511 e. The number of carbonyl (C=O) groups is 2. The van der Waals surface area contributed by atoms with E-state index in [2.05, 4.69) is 5.32 Å². The minimum absolute atomic E-state index is 0.0341. The van der Waals surface area contributed by atoms with Gasteiger partial charge in [0.1, 0.15) is 29.2 Å². The van der Waals surface area contributed by atoms with Crippen LogP contribution in [0.5, 0.6) is 5.75 Å². The predicted octanol–water partition coefficient (Wildman–Crippen LogP) is 2.93. The number of ketones is 1. The smallest absolute Gasteiger partial charge is 0.259 e. The summed E-state index contributed by atoms with van der Waals surface area (Å²) in [5, 5.41) is 32.8. The van der Waals surface area contributed by atoms with E-state index in [1.54, 1.807) is 6.92 Å². The van der Waals surface area contributed by atoms with Crippen molar-refractivity contribution in [1.29, 1.82) is 0 Å². The molecule has 27 heavy (non-hydrogen) atoms. The number of phenolic OH excluding ortho intramolecular Hbond substituents is 1. The molecule has 1 aliphatic rings. The molecule has 0 bridgehead atoms. The largest absolute Gasteiger partial charge is 0.511 e. The van der Waals surface area contributed by atoms with Gasteiger partial charge in [0.2, 0.25) is 0 Å². The number of nitrogens with one attached hydrogen (secondary N) is 1. The van der Waals surface area contributed by atoms with Crippen LogP contribution in [0.25, 0.3) is 0 Å². The minimum atomic E-state index is -1.27. The number of benzene rings is 1. The highest BCUT2D eigenvalue weighted by atomic mass is 16.3. The third kappa shape index (κ3) is 4.77. The zero-order valence-corrected chi connectivity index (χ0v) is 15.8. The van der Waals surface area contributed by atoms with E-state index < -0.39 is 23.8 Å². The summed E-state index contributed by atoms with van der Waals surface area (Å²) in [5.74, 6) is -1.55. The fourth-order valence-electron chi connectivity index (χ4n) is 3.30. The highest BCUT2D eigenvalue weighted by molar-refractivity contribution is 6.27. The van der Waals surface area contributed by atoms with Crippen LogP contribution >= 0.6 is 0 Å². The molecular weight excluding hydrogens is 346 g/mol. The lowest BCUT2D eigenvalue weighted by Gasteiger charge is -2.17. The zero-order valence-electron chi connectivity index (χ0n) is 15.8. The summed E-state index contributed by atoms with van der Waals surface area (Å²) in [6.07, 6.45) is 4.22. The van der Waals surface area contributed by atoms with Gasteiger partial charge in [0, 0.05) is 5.92 Å². The number of rotatable bonds is 7. The van der Waals surface area contributed by atoms with Crippen LogP contribution in [0, 0.1) is 11.8 Å². The van der Waals surface area contributed by atoms with Crippen LogP contribution < -0.4 is 5.32 Å². The van der Waals surface area contributed by atoms with E-state index in [-0.39, 0.29) is 28.9 Å². The van der Waals surface area contributed by atoms with Crippen LogP contribution in [0.15, 0.2) is 47.7 Å². The molecule has 0 aliphatic carbocycles. The number of carbonyl (C=O) groups excluding carboxylic acids is 2. The Labute approximate surface area is 159 Å². The summed E-state index contributed by atoms with van der Waals surface area (Å²) >= 11 is 0. The molecule has 0 saturated carbocycles. The first-order chi connectivity index (χ1) is 12.8. The number of phenols is 1. The Kier molecular flexibility index (Phi) is 6.80. The van der Waals surface area contributed by atoms with Crippen LogP contribution in [0.4, 0.5) is 0 Å². The topological polar surface area (TPSA) is 107 Å². The fraction of sp³-hybridized carbons (Fsp3) is 0.429. The number of aliphatic hydroxyl groups is 2. The lowest BCUT2D eigenvalue weighted by molar-refractivity contribution is -0.118. The van der Waals surface area contributed by atoms with E-state index in [0.717, 1.165) is 6.42 Å². The second-order valence-electron chi connectivity index (χ2n) is 7.16. The Hall–Kier alpha value is -2.60. The third-order valence-corrected chi connectivity index (χ3v) is 4.85. The van der Waals surface area contributed by atoms with E-state index in [4.69, 9.17) is 0 Å². The van der Waals surface area contributed by atoms with Gasteiger partial charge in [-0.2, -0.15) is 0 Å². The molecule has 1 heterocycles. The Morgan fingerprint density at radius 3 is 2.44 bits per heavy atom. The lowest BCUT2D eigenvalue weighted by atomic mass is 9.90. The van der Waals surface area contributed by atoms with Crippen molar-refractivity contribution in [2.24, 2.45) is 11.8 Å². The molecule has 0 spiro atoms. The first-order valence-corrected chi connectivity index (χ1v) is 9.12. The number of aliphatic hydroxyl groups excluding tert-OH is 2. The fourth-order valence-corrected chi connectivity index (χ4v) is 3.30. The number of hydrogen-bond donors (Lipinski definition) is 4. The molecular formula is C21H27NO5. The first kappa shape index (κ1) is 20.7. The summed E-state index contributed by atoms with van der Waals surface area (Å²) in [7, 11) is 0. The first-order valence-electron chi connectivity index (χ1n) is 9.12. The van der Waals surface area contributed by atoms with Crippen LogP contribution in [0.3, 0.4) is 0 Å². The van der Waals surface area contributed by atoms with E-state index in [1.807, 2.05) is 26.0 Å². The van der Waals surface area contributed by atoms with Crippen molar-refractivity contribution in [3.8, 4) is 5.75 Å². The van der Waals surface area contributed by atoms with Crippen LogP contribution in [0.1, 0.15) is 45.3 Å². The monoisotopic (exact) mass is 373 g/mol. The molecule has 6 nitrogen and oxygen atoms in total. The van der Waals surface area contributed by atoms with Crippen LogP contribution in [-0.4, -0.2) is 33.1 Å². The van der Waals surface area contributed by atoms with E-state index in [9.17, 15) is 24.9 Å². The third-order valence-electron chi connectivity index (χ3n) is 4.85. The molecule has 1 aliphatic heterocycles. The standard InChI is InChI=1S/C21H27NO5/c1-4-5-6-12(2)11-13(3)18(24)16-20(26)17(22-21(16)27)19(25)14-7-9-15(23)10-8-14/h4-5,7-10,12-13,17,19,23-25H,6,11H2,1-3H3,(H,22,27)/t12-,13-,17-,19+/m0/s1. The van der Waals surface area contributed by atoms with Gasteiger partial charge in [-0.1, -0.05) is 38.1 Å². The van der Waals surface area contributed by atoms with Gasteiger partial charge >= 0.3 is 0 Å². The normalized spacial score (nSPS) is 22.6.